The van der Waals surface area contributed by atoms with Gasteiger partial charge in [0.1, 0.15) is 6.61 Å². The number of hydrogen-bond acceptors (Lipinski definition) is 3. The normalized spacial score (nSPS) is 25.6. The van der Waals surface area contributed by atoms with E-state index in [0.29, 0.717) is 19.1 Å². The number of ether oxygens (including phenoxy) is 1. The fourth-order valence-electron chi connectivity index (χ4n) is 1.49. The summed E-state index contributed by atoms with van der Waals surface area (Å²) in [6.45, 7) is 3.47. The summed E-state index contributed by atoms with van der Waals surface area (Å²) in [7, 11) is 0. The number of hydrogen-bond donors (Lipinski definition) is 2. The second-order valence-electron chi connectivity index (χ2n) is 3.85. The zero-order valence-corrected chi connectivity index (χ0v) is 8.66. The first kappa shape index (κ1) is 11.5. The molecule has 82 valence electrons. The van der Waals surface area contributed by atoms with E-state index in [0.717, 1.165) is 19.3 Å². The molecule has 0 aromatic heterocycles. The van der Waals surface area contributed by atoms with Crippen LogP contribution in [0.25, 0.3) is 0 Å². The highest BCUT2D eigenvalue weighted by Gasteiger charge is 2.26. The smallest absolute Gasteiger partial charge is 0.246 e. The highest BCUT2D eigenvalue weighted by molar-refractivity contribution is 5.77. The van der Waals surface area contributed by atoms with E-state index in [1.165, 1.54) is 0 Å². The van der Waals surface area contributed by atoms with Crippen molar-refractivity contribution < 1.29 is 14.6 Å². The average Bonchev–Trinajstić information content (AvgIpc) is 2.11. The molecule has 0 aliphatic heterocycles. The lowest BCUT2D eigenvalue weighted by Crippen LogP contribution is -2.39. The molecule has 4 heteroatoms. The molecule has 0 unspecified atom stereocenters. The van der Waals surface area contributed by atoms with E-state index >= 15 is 0 Å². The summed E-state index contributed by atoms with van der Waals surface area (Å²) in [6, 6.07) is 0. The number of nitrogens with one attached hydrogen (secondary N) is 1. The Kier molecular flexibility index (Phi) is 4.90. The summed E-state index contributed by atoms with van der Waals surface area (Å²) in [5.41, 5.74) is 0. The van der Waals surface area contributed by atoms with Crippen LogP contribution in [0.2, 0.25) is 0 Å². The van der Waals surface area contributed by atoms with Crippen LogP contribution in [-0.2, 0) is 9.53 Å². The van der Waals surface area contributed by atoms with Crippen LogP contribution >= 0.6 is 0 Å². The van der Waals surface area contributed by atoms with Crippen molar-refractivity contribution in [1.82, 2.24) is 5.32 Å². The minimum atomic E-state index is -0.145. The molecule has 0 saturated heterocycles. The van der Waals surface area contributed by atoms with Gasteiger partial charge in [0, 0.05) is 13.2 Å². The minimum Gasteiger partial charge on any atom is -0.393 e. The van der Waals surface area contributed by atoms with Gasteiger partial charge in [-0.3, -0.25) is 4.79 Å². The van der Waals surface area contributed by atoms with Gasteiger partial charge in [-0.2, -0.15) is 0 Å². The van der Waals surface area contributed by atoms with Gasteiger partial charge in [0.05, 0.1) is 6.10 Å². The summed E-state index contributed by atoms with van der Waals surface area (Å²) in [6.07, 6.45) is 2.42. The third-order valence-electron chi connectivity index (χ3n) is 2.38. The van der Waals surface area contributed by atoms with Crippen molar-refractivity contribution in [2.45, 2.75) is 32.3 Å². The monoisotopic (exact) mass is 201 g/mol. The van der Waals surface area contributed by atoms with E-state index in [9.17, 15) is 4.79 Å². The summed E-state index contributed by atoms with van der Waals surface area (Å²) in [4.78, 5) is 11.1. The number of amides is 1. The molecule has 1 rings (SSSR count). The molecule has 0 aromatic rings. The molecule has 0 bridgehead atoms. The number of carbonyl (C=O) groups excluding carboxylic acids is 1. The maximum Gasteiger partial charge on any atom is 0.246 e. The number of rotatable bonds is 6. The van der Waals surface area contributed by atoms with Gasteiger partial charge in [-0.05, 0) is 25.2 Å². The average molecular weight is 201 g/mol. The van der Waals surface area contributed by atoms with E-state index < -0.39 is 0 Å². The topological polar surface area (TPSA) is 58.6 Å². The Morgan fingerprint density at radius 1 is 1.57 bits per heavy atom. The van der Waals surface area contributed by atoms with Crippen molar-refractivity contribution in [3.8, 4) is 0 Å². The standard InChI is InChI=1S/C10H19NO3/c1-2-3-14-7-10(13)11-6-8-4-9(12)5-8/h8-9,12H,2-7H2,1H3,(H,11,13). The molecule has 1 aliphatic rings. The first-order chi connectivity index (χ1) is 6.72. The van der Waals surface area contributed by atoms with Crippen molar-refractivity contribution in [2.75, 3.05) is 19.8 Å². The highest BCUT2D eigenvalue weighted by Crippen LogP contribution is 2.25. The Balaban J connectivity index is 1.93. The van der Waals surface area contributed by atoms with E-state index in [2.05, 4.69) is 5.32 Å². The molecular weight excluding hydrogens is 182 g/mol. The van der Waals surface area contributed by atoms with Crippen molar-refractivity contribution in [3.63, 3.8) is 0 Å². The van der Waals surface area contributed by atoms with Gasteiger partial charge >= 0.3 is 0 Å². The van der Waals surface area contributed by atoms with Crippen LogP contribution in [0.4, 0.5) is 0 Å². The van der Waals surface area contributed by atoms with Crippen LogP contribution in [0.1, 0.15) is 26.2 Å². The molecule has 0 aromatic carbocycles. The molecule has 0 spiro atoms. The Morgan fingerprint density at radius 2 is 2.29 bits per heavy atom. The van der Waals surface area contributed by atoms with Gasteiger partial charge < -0.3 is 15.2 Å². The zero-order chi connectivity index (χ0) is 10.4. The van der Waals surface area contributed by atoms with E-state index in [1.54, 1.807) is 0 Å². The van der Waals surface area contributed by atoms with Gasteiger partial charge in [0.15, 0.2) is 0 Å². The molecule has 0 atom stereocenters. The number of aliphatic hydroxyl groups is 1. The minimum absolute atomic E-state index is 0.0557. The maximum absolute atomic E-state index is 11.1. The molecule has 0 radical (unpaired) electrons. The fraction of sp³-hybridized carbons (Fsp3) is 0.900. The largest absolute Gasteiger partial charge is 0.393 e. The van der Waals surface area contributed by atoms with Crippen LogP contribution in [-0.4, -0.2) is 36.9 Å². The Morgan fingerprint density at radius 3 is 2.86 bits per heavy atom. The molecule has 14 heavy (non-hydrogen) atoms. The zero-order valence-electron chi connectivity index (χ0n) is 8.66. The van der Waals surface area contributed by atoms with Crippen molar-refractivity contribution in [3.05, 3.63) is 0 Å². The molecule has 1 amide bonds. The summed E-state index contributed by atoms with van der Waals surface area (Å²) in [5.74, 6) is 0.403. The second kappa shape index (κ2) is 5.98. The summed E-state index contributed by atoms with van der Waals surface area (Å²) >= 11 is 0. The number of carbonyl (C=O) groups is 1. The first-order valence-corrected chi connectivity index (χ1v) is 5.25. The fourth-order valence-corrected chi connectivity index (χ4v) is 1.49. The highest BCUT2D eigenvalue weighted by atomic mass is 16.5. The lowest BCUT2D eigenvalue weighted by Gasteiger charge is -2.31. The van der Waals surface area contributed by atoms with Crippen molar-refractivity contribution in [2.24, 2.45) is 5.92 Å². The predicted molar refractivity (Wildman–Crippen MR) is 52.9 cm³/mol. The maximum atomic E-state index is 11.1. The summed E-state index contributed by atoms with van der Waals surface area (Å²) in [5, 5.41) is 11.8. The van der Waals surface area contributed by atoms with Gasteiger partial charge in [0.25, 0.3) is 0 Å². The van der Waals surface area contributed by atoms with Crippen molar-refractivity contribution in [1.29, 1.82) is 0 Å². The predicted octanol–water partition coefficient (Wildman–Crippen LogP) is 0.300. The molecule has 1 aliphatic carbocycles. The molecule has 0 heterocycles. The quantitative estimate of drug-likeness (QED) is 0.608. The van der Waals surface area contributed by atoms with Crippen molar-refractivity contribution >= 4 is 5.91 Å². The first-order valence-electron chi connectivity index (χ1n) is 5.25. The van der Waals surface area contributed by atoms with Crippen LogP contribution in [0.3, 0.4) is 0 Å². The van der Waals surface area contributed by atoms with E-state index in [-0.39, 0.29) is 18.6 Å². The van der Waals surface area contributed by atoms with Gasteiger partial charge in [-0.1, -0.05) is 6.92 Å². The lowest BCUT2D eigenvalue weighted by molar-refractivity contribution is -0.126. The van der Waals surface area contributed by atoms with Gasteiger partial charge in [0.2, 0.25) is 5.91 Å². The van der Waals surface area contributed by atoms with Crippen LogP contribution in [0, 0.1) is 5.92 Å². The van der Waals surface area contributed by atoms with Crippen LogP contribution < -0.4 is 5.32 Å². The molecule has 2 N–H and O–H groups in total. The molecular formula is C10H19NO3. The molecule has 4 nitrogen and oxygen atoms in total. The van der Waals surface area contributed by atoms with Gasteiger partial charge in [-0.25, -0.2) is 0 Å². The Bertz CT molecular complexity index is 178. The van der Waals surface area contributed by atoms with E-state index in [1.807, 2.05) is 6.92 Å². The van der Waals surface area contributed by atoms with Gasteiger partial charge in [-0.15, -0.1) is 0 Å². The third kappa shape index (κ3) is 4.07. The SMILES string of the molecule is CCCOCC(=O)NCC1CC(O)C1. The van der Waals surface area contributed by atoms with E-state index in [4.69, 9.17) is 9.84 Å². The second-order valence-corrected chi connectivity index (χ2v) is 3.85. The Hall–Kier alpha value is -0.610. The third-order valence-corrected chi connectivity index (χ3v) is 2.38. The van der Waals surface area contributed by atoms with Crippen LogP contribution in [0.15, 0.2) is 0 Å². The Labute approximate surface area is 84.6 Å². The van der Waals surface area contributed by atoms with Crippen LogP contribution in [0.5, 0.6) is 0 Å². The lowest BCUT2D eigenvalue weighted by atomic mass is 9.82. The number of aliphatic hydroxyl groups excluding tert-OH is 1. The molecule has 1 saturated carbocycles. The molecule has 1 fully saturated rings. The summed E-state index contributed by atoms with van der Waals surface area (Å²) < 4.78 is 5.09.